The highest BCUT2D eigenvalue weighted by Crippen LogP contribution is 2.18. The number of likely N-dealkylation sites (N-methyl/N-ethyl adjacent to an activating group) is 1. The minimum Gasteiger partial charge on any atom is -0.468 e. The molecular formula is C12H19NOS. The third-order valence-electron chi connectivity index (χ3n) is 2.13. The Morgan fingerprint density at radius 3 is 3.00 bits per heavy atom. The summed E-state index contributed by atoms with van der Waals surface area (Å²) in [6, 6.07) is 2.00. The van der Waals surface area contributed by atoms with E-state index < -0.39 is 0 Å². The fraction of sp³-hybridized carbons (Fsp3) is 0.500. The van der Waals surface area contributed by atoms with E-state index in [9.17, 15) is 0 Å². The van der Waals surface area contributed by atoms with Gasteiger partial charge in [0.1, 0.15) is 5.76 Å². The smallest absolute Gasteiger partial charge is 0.116 e. The van der Waals surface area contributed by atoms with E-state index in [4.69, 9.17) is 4.42 Å². The number of hydrogen-bond acceptors (Lipinski definition) is 3. The van der Waals surface area contributed by atoms with Gasteiger partial charge in [0.05, 0.1) is 12.0 Å². The third kappa shape index (κ3) is 4.58. The maximum atomic E-state index is 5.36. The number of hydrogen-bond donors (Lipinski definition) is 1. The molecule has 0 spiro atoms. The summed E-state index contributed by atoms with van der Waals surface area (Å²) in [6.07, 6.45) is 1.75. The molecule has 84 valence electrons. The van der Waals surface area contributed by atoms with Crippen LogP contribution in [-0.2, 0) is 5.75 Å². The molecule has 1 rings (SSSR count). The SMILES string of the molecule is C=C(CNCC)CSCc1occc1C. The second kappa shape index (κ2) is 6.75. The molecule has 1 heterocycles. The molecule has 0 amide bonds. The van der Waals surface area contributed by atoms with Crippen molar-refractivity contribution in [3.63, 3.8) is 0 Å². The molecule has 0 saturated carbocycles. The summed E-state index contributed by atoms with van der Waals surface area (Å²) < 4.78 is 5.36. The van der Waals surface area contributed by atoms with Crippen molar-refractivity contribution < 1.29 is 4.42 Å². The summed E-state index contributed by atoms with van der Waals surface area (Å²) in [5, 5.41) is 3.27. The molecule has 0 fully saturated rings. The Morgan fingerprint density at radius 1 is 1.60 bits per heavy atom. The first-order valence-corrected chi connectivity index (χ1v) is 6.37. The molecule has 0 aliphatic carbocycles. The summed E-state index contributed by atoms with van der Waals surface area (Å²) in [5.41, 5.74) is 2.48. The minimum absolute atomic E-state index is 0.917. The average Bonchev–Trinajstić information content (AvgIpc) is 2.61. The molecule has 0 bridgehead atoms. The molecule has 0 aromatic carbocycles. The fourth-order valence-corrected chi connectivity index (χ4v) is 2.17. The molecule has 3 heteroatoms. The van der Waals surface area contributed by atoms with Crippen LogP contribution < -0.4 is 5.32 Å². The second-order valence-electron chi connectivity index (χ2n) is 3.55. The van der Waals surface area contributed by atoms with Crippen LogP contribution in [-0.4, -0.2) is 18.8 Å². The quantitative estimate of drug-likeness (QED) is 0.722. The normalized spacial score (nSPS) is 10.5. The Balaban J connectivity index is 2.16. The van der Waals surface area contributed by atoms with Crippen molar-refractivity contribution in [2.45, 2.75) is 19.6 Å². The molecule has 0 aliphatic rings. The van der Waals surface area contributed by atoms with Crippen LogP contribution in [0.15, 0.2) is 28.9 Å². The first-order valence-electron chi connectivity index (χ1n) is 5.22. The van der Waals surface area contributed by atoms with Crippen LogP contribution in [0.4, 0.5) is 0 Å². The van der Waals surface area contributed by atoms with Gasteiger partial charge in [-0.1, -0.05) is 19.1 Å². The Labute approximate surface area is 96.1 Å². The lowest BCUT2D eigenvalue weighted by molar-refractivity contribution is 0.528. The van der Waals surface area contributed by atoms with Gasteiger partial charge in [-0.3, -0.25) is 0 Å². The summed E-state index contributed by atoms with van der Waals surface area (Å²) in [5.74, 6) is 3.01. The number of nitrogens with one attached hydrogen (secondary N) is 1. The lowest BCUT2D eigenvalue weighted by Gasteiger charge is -2.05. The van der Waals surface area contributed by atoms with Crippen molar-refractivity contribution in [2.24, 2.45) is 0 Å². The highest BCUT2D eigenvalue weighted by molar-refractivity contribution is 7.98. The summed E-state index contributed by atoms with van der Waals surface area (Å²) in [6.45, 7) is 10.1. The highest BCUT2D eigenvalue weighted by atomic mass is 32.2. The zero-order chi connectivity index (χ0) is 11.1. The molecular weight excluding hydrogens is 206 g/mol. The van der Waals surface area contributed by atoms with Gasteiger partial charge in [0.15, 0.2) is 0 Å². The van der Waals surface area contributed by atoms with E-state index in [2.05, 4.69) is 25.7 Å². The zero-order valence-electron chi connectivity index (χ0n) is 9.51. The number of rotatable bonds is 7. The molecule has 15 heavy (non-hydrogen) atoms. The molecule has 0 aliphatic heterocycles. The number of furan rings is 1. The van der Waals surface area contributed by atoms with E-state index in [1.807, 2.05) is 17.8 Å². The van der Waals surface area contributed by atoms with E-state index in [-0.39, 0.29) is 0 Å². The maximum Gasteiger partial charge on any atom is 0.116 e. The standard InChI is InChI=1S/C12H19NOS/c1-4-13-7-10(2)8-15-9-12-11(3)5-6-14-12/h5-6,13H,2,4,7-9H2,1,3H3. The third-order valence-corrected chi connectivity index (χ3v) is 3.21. The lowest BCUT2D eigenvalue weighted by atomic mass is 10.3. The summed E-state index contributed by atoms with van der Waals surface area (Å²) >= 11 is 1.85. The molecule has 0 saturated heterocycles. The minimum atomic E-state index is 0.917. The van der Waals surface area contributed by atoms with Gasteiger partial charge in [-0.2, -0.15) is 0 Å². The Morgan fingerprint density at radius 2 is 2.40 bits per heavy atom. The van der Waals surface area contributed by atoms with E-state index in [0.717, 1.165) is 30.4 Å². The molecule has 0 radical (unpaired) electrons. The number of aryl methyl sites for hydroxylation is 1. The first kappa shape index (κ1) is 12.4. The highest BCUT2D eigenvalue weighted by Gasteiger charge is 2.02. The van der Waals surface area contributed by atoms with E-state index in [1.165, 1.54) is 11.1 Å². The van der Waals surface area contributed by atoms with Gasteiger partial charge in [0.2, 0.25) is 0 Å². The van der Waals surface area contributed by atoms with Gasteiger partial charge < -0.3 is 9.73 Å². The second-order valence-corrected chi connectivity index (χ2v) is 4.54. The zero-order valence-corrected chi connectivity index (χ0v) is 10.3. The van der Waals surface area contributed by atoms with Crippen LogP contribution in [0.2, 0.25) is 0 Å². The average molecular weight is 225 g/mol. The Kier molecular flexibility index (Phi) is 5.58. The molecule has 1 aromatic rings. The van der Waals surface area contributed by atoms with Crippen molar-refractivity contribution >= 4 is 11.8 Å². The van der Waals surface area contributed by atoms with E-state index >= 15 is 0 Å². The van der Waals surface area contributed by atoms with Crippen LogP contribution in [0.1, 0.15) is 18.2 Å². The van der Waals surface area contributed by atoms with Crippen molar-refractivity contribution in [1.29, 1.82) is 0 Å². The predicted molar refractivity (Wildman–Crippen MR) is 67.3 cm³/mol. The van der Waals surface area contributed by atoms with Gasteiger partial charge in [-0.25, -0.2) is 0 Å². The van der Waals surface area contributed by atoms with Gasteiger partial charge in [0, 0.05) is 12.3 Å². The maximum absolute atomic E-state index is 5.36. The Bertz CT molecular complexity index is 306. The topological polar surface area (TPSA) is 25.2 Å². The summed E-state index contributed by atoms with van der Waals surface area (Å²) in [4.78, 5) is 0. The van der Waals surface area contributed by atoms with Crippen molar-refractivity contribution in [3.8, 4) is 0 Å². The molecule has 1 N–H and O–H groups in total. The van der Waals surface area contributed by atoms with Gasteiger partial charge in [-0.15, -0.1) is 11.8 Å². The number of thioether (sulfide) groups is 1. The fourth-order valence-electron chi connectivity index (χ4n) is 1.19. The Hall–Kier alpha value is -0.670. The molecule has 1 aromatic heterocycles. The van der Waals surface area contributed by atoms with Gasteiger partial charge in [0.25, 0.3) is 0 Å². The van der Waals surface area contributed by atoms with Crippen LogP contribution in [0.25, 0.3) is 0 Å². The monoisotopic (exact) mass is 225 g/mol. The van der Waals surface area contributed by atoms with Crippen LogP contribution >= 0.6 is 11.8 Å². The van der Waals surface area contributed by atoms with E-state index in [1.54, 1.807) is 6.26 Å². The molecule has 0 unspecified atom stereocenters. The van der Waals surface area contributed by atoms with Crippen molar-refractivity contribution in [1.82, 2.24) is 5.32 Å². The molecule has 2 nitrogen and oxygen atoms in total. The van der Waals surface area contributed by atoms with Crippen LogP contribution in [0.3, 0.4) is 0 Å². The van der Waals surface area contributed by atoms with Crippen molar-refractivity contribution in [3.05, 3.63) is 35.8 Å². The first-order chi connectivity index (χ1) is 7.24. The largest absolute Gasteiger partial charge is 0.468 e. The van der Waals surface area contributed by atoms with Gasteiger partial charge >= 0.3 is 0 Å². The van der Waals surface area contributed by atoms with Gasteiger partial charge in [-0.05, 0) is 25.1 Å². The van der Waals surface area contributed by atoms with Crippen LogP contribution in [0.5, 0.6) is 0 Å². The van der Waals surface area contributed by atoms with Crippen molar-refractivity contribution in [2.75, 3.05) is 18.8 Å². The lowest BCUT2D eigenvalue weighted by Crippen LogP contribution is -2.16. The van der Waals surface area contributed by atoms with E-state index in [0.29, 0.717) is 0 Å². The predicted octanol–water partition coefficient (Wildman–Crippen LogP) is 2.99. The summed E-state index contributed by atoms with van der Waals surface area (Å²) in [7, 11) is 0. The molecule has 0 atom stereocenters. The van der Waals surface area contributed by atoms with Crippen LogP contribution in [0, 0.1) is 6.92 Å².